The molecule has 1 N–H and O–H groups in total. The smallest absolute Gasteiger partial charge is 0.283 e. The number of rotatable bonds is 7. The number of carbonyl (C=O) groups excluding carboxylic acids is 1. The standard InChI is InChI=1S/C24H20N4O4/c1-2-30-17-11-9-16(10-12-17)25-22(29)15-28-14-19(18-6-3-4-7-20(18)28)23-26-27-24(32-23)21-8-5-13-31-21/h3-14H,2,15H2,1H3,(H,25,29). The predicted molar refractivity (Wildman–Crippen MR) is 119 cm³/mol. The molecule has 0 radical (unpaired) electrons. The number of amides is 1. The Morgan fingerprint density at radius 1 is 1.03 bits per heavy atom. The fraction of sp³-hybridized carbons (Fsp3) is 0.125. The van der Waals surface area contributed by atoms with E-state index in [1.54, 1.807) is 18.4 Å². The molecule has 5 aromatic rings. The van der Waals surface area contributed by atoms with E-state index in [9.17, 15) is 4.79 Å². The monoisotopic (exact) mass is 428 g/mol. The molecule has 3 aromatic heterocycles. The zero-order valence-corrected chi connectivity index (χ0v) is 17.3. The van der Waals surface area contributed by atoms with Gasteiger partial charge in [-0.05, 0) is 49.4 Å². The minimum Gasteiger partial charge on any atom is -0.494 e. The zero-order chi connectivity index (χ0) is 21.9. The first-order valence-electron chi connectivity index (χ1n) is 10.2. The average molecular weight is 428 g/mol. The summed E-state index contributed by atoms with van der Waals surface area (Å²) in [5.74, 6) is 1.78. The molecule has 8 nitrogen and oxygen atoms in total. The van der Waals surface area contributed by atoms with Crippen LogP contribution < -0.4 is 10.1 Å². The summed E-state index contributed by atoms with van der Waals surface area (Å²) in [5, 5.41) is 12.1. The van der Waals surface area contributed by atoms with E-state index in [-0.39, 0.29) is 12.5 Å². The molecule has 3 heterocycles. The number of anilines is 1. The van der Waals surface area contributed by atoms with Crippen LogP contribution in [-0.2, 0) is 11.3 Å². The topological polar surface area (TPSA) is 95.3 Å². The molecule has 0 spiro atoms. The van der Waals surface area contributed by atoms with Crippen LogP contribution >= 0.6 is 0 Å². The van der Waals surface area contributed by atoms with Gasteiger partial charge < -0.3 is 23.5 Å². The van der Waals surface area contributed by atoms with Gasteiger partial charge in [0.1, 0.15) is 12.3 Å². The van der Waals surface area contributed by atoms with Crippen molar-refractivity contribution in [2.24, 2.45) is 0 Å². The normalized spacial score (nSPS) is 11.0. The molecule has 0 aliphatic rings. The third-order valence-corrected chi connectivity index (χ3v) is 4.94. The molecule has 0 fully saturated rings. The van der Waals surface area contributed by atoms with Crippen molar-refractivity contribution < 1.29 is 18.4 Å². The van der Waals surface area contributed by atoms with Gasteiger partial charge in [-0.15, -0.1) is 10.2 Å². The number of para-hydroxylation sites is 1. The second-order valence-corrected chi connectivity index (χ2v) is 7.08. The lowest BCUT2D eigenvalue weighted by molar-refractivity contribution is -0.116. The van der Waals surface area contributed by atoms with Gasteiger partial charge in [-0.2, -0.15) is 0 Å². The van der Waals surface area contributed by atoms with Gasteiger partial charge in [0.15, 0.2) is 5.76 Å². The van der Waals surface area contributed by atoms with Crippen LogP contribution in [0.2, 0.25) is 0 Å². The second kappa shape index (κ2) is 8.43. The van der Waals surface area contributed by atoms with Crippen LogP contribution in [-0.4, -0.2) is 27.3 Å². The second-order valence-electron chi connectivity index (χ2n) is 7.08. The van der Waals surface area contributed by atoms with Crippen LogP contribution in [0.25, 0.3) is 34.0 Å². The van der Waals surface area contributed by atoms with Crippen molar-refractivity contribution in [1.82, 2.24) is 14.8 Å². The molecular formula is C24H20N4O4. The quantitative estimate of drug-likeness (QED) is 0.392. The number of ether oxygens (including phenoxy) is 1. The summed E-state index contributed by atoms with van der Waals surface area (Å²) < 4.78 is 18.5. The Kier molecular flexibility index (Phi) is 5.17. The molecule has 160 valence electrons. The first kappa shape index (κ1) is 19.6. The van der Waals surface area contributed by atoms with Gasteiger partial charge in [-0.1, -0.05) is 18.2 Å². The summed E-state index contributed by atoms with van der Waals surface area (Å²) in [4.78, 5) is 12.7. The maximum atomic E-state index is 12.7. The first-order valence-corrected chi connectivity index (χ1v) is 10.2. The van der Waals surface area contributed by atoms with E-state index in [2.05, 4.69) is 15.5 Å². The highest BCUT2D eigenvalue weighted by molar-refractivity contribution is 5.96. The van der Waals surface area contributed by atoms with Crippen molar-refractivity contribution in [1.29, 1.82) is 0 Å². The molecule has 0 aliphatic heterocycles. The molecule has 0 bridgehead atoms. The fourth-order valence-electron chi connectivity index (χ4n) is 3.54. The largest absolute Gasteiger partial charge is 0.494 e. The van der Waals surface area contributed by atoms with Gasteiger partial charge in [-0.25, -0.2) is 0 Å². The van der Waals surface area contributed by atoms with Gasteiger partial charge in [0.25, 0.3) is 5.89 Å². The Labute approximate surface area is 183 Å². The molecule has 8 heteroatoms. The average Bonchev–Trinajstić information content (AvgIpc) is 3.55. The number of fused-ring (bicyclic) bond motifs is 1. The molecule has 0 saturated carbocycles. The lowest BCUT2D eigenvalue weighted by Gasteiger charge is -2.08. The molecule has 0 saturated heterocycles. The van der Waals surface area contributed by atoms with Crippen molar-refractivity contribution >= 4 is 22.5 Å². The first-order chi connectivity index (χ1) is 15.7. The highest BCUT2D eigenvalue weighted by Crippen LogP contribution is 2.31. The van der Waals surface area contributed by atoms with Gasteiger partial charge >= 0.3 is 0 Å². The van der Waals surface area contributed by atoms with E-state index < -0.39 is 0 Å². The van der Waals surface area contributed by atoms with Crippen molar-refractivity contribution in [2.75, 3.05) is 11.9 Å². The molecule has 0 aliphatic carbocycles. The number of furan rings is 1. The van der Waals surface area contributed by atoms with Crippen LogP contribution in [0.1, 0.15) is 6.92 Å². The predicted octanol–water partition coefficient (Wildman–Crippen LogP) is 4.99. The van der Waals surface area contributed by atoms with Crippen molar-refractivity contribution in [3.8, 4) is 28.9 Å². The minimum absolute atomic E-state index is 0.132. The molecular weight excluding hydrogens is 408 g/mol. The van der Waals surface area contributed by atoms with Gasteiger partial charge in [0.05, 0.1) is 18.4 Å². The summed E-state index contributed by atoms with van der Waals surface area (Å²) in [5.41, 5.74) is 2.34. The summed E-state index contributed by atoms with van der Waals surface area (Å²) in [7, 11) is 0. The van der Waals surface area contributed by atoms with Gasteiger partial charge in [-0.3, -0.25) is 4.79 Å². The minimum atomic E-state index is -0.150. The summed E-state index contributed by atoms with van der Waals surface area (Å²) in [6, 6.07) is 18.6. The maximum Gasteiger partial charge on any atom is 0.283 e. The van der Waals surface area contributed by atoms with Crippen LogP contribution in [0.3, 0.4) is 0 Å². The van der Waals surface area contributed by atoms with Crippen LogP contribution in [0.5, 0.6) is 5.75 Å². The summed E-state index contributed by atoms with van der Waals surface area (Å²) in [6.45, 7) is 2.65. The number of nitrogens with one attached hydrogen (secondary N) is 1. The number of nitrogens with zero attached hydrogens (tertiary/aromatic N) is 3. The third-order valence-electron chi connectivity index (χ3n) is 4.94. The van der Waals surface area contributed by atoms with Crippen LogP contribution in [0.4, 0.5) is 5.69 Å². The Balaban J connectivity index is 1.39. The number of hydrogen-bond acceptors (Lipinski definition) is 6. The Morgan fingerprint density at radius 2 is 1.84 bits per heavy atom. The Bertz CT molecular complexity index is 1350. The van der Waals surface area contributed by atoms with Crippen molar-refractivity contribution in [3.05, 3.63) is 73.1 Å². The van der Waals surface area contributed by atoms with E-state index in [0.29, 0.717) is 29.8 Å². The number of benzene rings is 2. The highest BCUT2D eigenvalue weighted by atomic mass is 16.5. The lowest BCUT2D eigenvalue weighted by atomic mass is 10.2. The third kappa shape index (κ3) is 3.85. The number of carbonyl (C=O) groups is 1. The molecule has 5 rings (SSSR count). The van der Waals surface area contributed by atoms with Crippen molar-refractivity contribution in [2.45, 2.75) is 13.5 Å². The Hall–Kier alpha value is -4.33. The number of aromatic nitrogens is 3. The molecule has 2 aromatic carbocycles. The SMILES string of the molecule is CCOc1ccc(NC(=O)Cn2cc(-c3nnc(-c4ccco4)o3)c3ccccc32)cc1. The fourth-order valence-corrected chi connectivity index (χ4v) is 3.54. The lowest BCUT2D eigenvalue weighted by Crippen LogP contribution is -2.18. The molecule has 32 heavy (non-hydrogen) atoms. The Morgan fingerprint density at radius 3 is 2.62 bits per heavy atom. The van der Waals surface area contributed by atoms with E-state index in [1.165, 1.54) is 0 Å². The van der Waals surface area contributed by atoms with E-state index in [1.807, 2.05) is 66.2 Å². The highest BCUT2D eigenvalue weighted by Gasteiger charge is 2.18. The van der Waals surface area contributed by atoms with Crippen LogP contribution in [0, 0.1) is 0 Å². The van der Waals surface area contributed by atoms with Crippen LogP contribution in [0.15, 0.2) is 82.0 Å². The summed E-state index contributed by atoms with van der Waals surface area (Å²) in [6.07, 6.45) is 3.40. The number of hydrogen-bond donors (Lipinski definition) is 1. The van der Waals surface area contributed by atoms with E-state index in [4.69, 9.17) is 13.6 Å². The molecule has 0 unspecified atom stereocenters. The van der Waals surface area contributed by atoms with Gasteiger partial charge in [0, 0.05) is 22.8 Å². The van der Waals surface area contributed by atoms with E-state index in [0.717, 1.165) is 22.2 Å². The van der Waals surface area contributed by atoms with E-state index >= 15 is 0 Å². The molecule has 0 atom stereocenters. The molecule has 1 amide bonds. The maximum absolute atomic E-state index is 12.7. The zero-order valence-electron chi connectivity index (χ0n) is 17.3. The van der Waals surface area contributed by atoms with Crippen molar-refractivity contribution in [3.63, 3.8) is 0 Å². The van der Waals surface area contributed by atoms with Gasteiger partial charge in [0.2, 0.25) is 11.8 Å². The summed E-state index contributed by atoms with van der Waals surface area (Å²) >= 11 is 0.